The van der Waals surface area contributed by atoms with Crippen LogP contribution in [0.2, 0.25) is 0 Å². The van der Waals surface area contributed by atoms with Gasteiger partial charge in [0, 0.05) is 0 Å². The van der Waals surface area contributed by atoms with E-state index >= 15 is 0 Å². The van der Waals surface area contributed by atoms with Crippen molar-refractivity contribution in [2.75, 3.05) is 0 Å². The van der Waals surface area contributed by atoms with Crippen LogP contribution in [0, 0.1) is 0 Å². The molecule has 1 aliphatic carbocycles. The third kappa shape index (κ3) is 3.87. The average molecular weight is 655 g/mol. The van der Waals surface area contributed by atoms with Gasteiger partial charge in [0.1, 0.15) is 0 Å². The van der Waals surface area contributed by atoms with Crippen LogP contribution >= 0.6 is 0 Å². The lowest BCUT2D eigenvalue weighted by Gasteiger charge is -2.13. The van der Waals surface area contributed by atoms with E-state index < -0.39 is 0 Å². The topological polar surface area (TPSA) is 0 Å². The van der Waals surface area contributed by atoms with Crippen LogP contribution in [-0.2, 0) is 0 Å². The quantitative estimate of drug-likeness (QED) is 0.163. The summed E-state index contributed by atoms with van der Waals surface area (Å²) in [5, 5.41) is 18.3. The monoisotopic (exact) mass is 654 g/mol. The average Bonchev–Trinajstić information content (AvgIpc) is 3.54. The summed E-state index contributed by atoms with van der Waals surface area (Å²) in [4.78, 5) is 0. The molecular weight excluding hydrogens is 625 g/mol. The first kappa shape index (κ1) is 28.0. The Morgan fingerprint density at radius 3 is 1.31 bits per heavy atom. The molecule has 0 amide bonds. The molecule has 0 N–H and O–H groups in total. The van der Waals surface area contributed by atoms with Gasteiger partial charge in [0.05, 0.1) is 0 Å². The third-order valence-corrected chi connectivity index (χ3v) is 11.7. The molecular formula is C52H30. The van der Waals surface area contributed by atoms with E-state index in [0.717, 1.165) is 0 Å². The van der Waals surface area contributed by atoms with Crippen LogP contribution in [0.25, 0.3) is 120 Å². The smallest absolute Gasteiger partial charge is 0.00197 e. The summed E-state index contributed by atoms with van der Waals surface area (Å²) in [7, 11) is 0. The van der Waals surface area contributed by atoms with E-state index in [9.17, 15) is 0 Å². The highest BCUT2D eigenvalue weighted by atomic mass is 14.3. The Morgan fingerprint density at radius 2 is 0.635 bits per heavy atom. The molecule has 0 fully saturated rings. The van der Waals surface area contributed by atoms with Crippen molar-refractivity contribution in [2.24, 2.45) is 0 Å². The Balaban J connectivity index is 0.950. The molecule has 12 rings (SSSR count). The molecule has 0 heterocycles. The van der Waals surface area contributed by atoms with Crippen LogP contribution in [0.1, 0.15) is 0 Å². The largest absolute Gasteiger partial charge is 0.0616 e. The number of benzene rings is 11. The predicted octanol–water partition coefficient (Wildman–Crippen LogP) is 14.7. The molecule has 0 heteroatoms. The van der Waals surface area contributed by atoms with Crippen LogP contribution in [0.4, 0.5) is 0 Å². The second-order valence-corrected chi connectivity index (χ2v) is 14.4. The van der Waals surface area contributed by atoms with Crippen molar-refractivity contribution < 1.29 is 0 Å². The van der Waals surface area contributed by atoms with Crippen molar-refractivity contribution in [1.29, 1.82) is 0 Å². The van der Waals surface area contributed by atoms with Crippen LogP contribution < -0.4 is 0 Å². The molecule has 1 aliphatic rings. The molecule has 0 saturated heterocycles. The van der Waals surface area contributed by atoms with Crippen molar-refractivity contribution in [3.05, 3.63) is 182 Å². The maximum atomic E-state index is 2.40. The highest BCUT2D eigenvalue weighted by Gasteiger charge is 2.23. The molecule has 11 aromatic rings. The SMILES string of the molecule is c1ccc2c(c1)-c1cccc3c1c-2cc1ccc2cc(-c4ccc5cc(-c6ccc7c8ccccc8c8ccccc8c7c6)ccc5c4)ccc2c13. The van der Waals surface area contributed by atoms with E-state index in [1.807, 2.05) is 0 Å². The zero-order valence-electron chi connectivity index (χ0n) is 28.3. The Morgan fingerprint density at radius 1 is 0.192 bits per heavy atom. The Hall–Kier alpha value is -6.76. The summed E-state index contributed by atoms with van der Waals surface area (Å²) in [6.07, 6.45) is 0. The third-order valence-electron chi connectivity index (χ3n) is 11.7. The van der Waals surface area contributed by atoms with Gasteiger partial charge in [0.25, 0.3) is 0 Å². The van der Waals surface area contributed by atoms with Gasteiger partial charge in [-0.3, -0.25) is 0 Å². The minimum Gasteiger partial charge on any atom is -0.0616 e. The molecule has 238 valence electrons. The first-order valence-electron chi connectivity index (χ1n) is 18.2. The van der Waals surface area contributed by atoms with E-state index in [0.29, 0.717) is 0 Å². The van der Waals surface area contributed by atoms with Gasteiger partial charge in [-0.15, -0.1) is 0 Å². The fourth-order valence-corrected chi connectivity index (χ4v) is 9.31. The molecule has 0 unspecified atom stereocenters. The summed E-state index contributed by atoms with van der Waals surface area (Å²) in [6, 6.07) is 68.0. The van der Waals surface area contributed by atoms with Gasteiger partial charge in [-0.1, -0.05) is 152 Å². The molecule has 52 heavy (non-hydrogen) atoms. The highest BCUT2D eigenvalue weighted by molar-refractivity contribution is 6.29. The summed E-state index contributed by atoms with van der Waals surface area (Å²) < 4.78 is 0. The zero-order chi connectivity index (χ0) is 33.9. The maximum Gasteiger partial charge on any atom is -0.00197 e. The van der Waals surface area contributed by atoms with Gasteiger partial charge in [0.2, 0.25) is 0 Å². The van der Waals surface area contributed by atoms with Crippen LogP contribution in [0.3, 0.4) is 0 Å². The van der Waals surface area contributed by atoms with Gasteiger partial charge >= 0.3 is 0 Å². The first-order chi connectivity index (χ1) is 25.8. The molecule has 11 aromatic carbocycles. The first-order valence-corrected chi connectivity index (χ1v) is 18.2. The van der Waals surface area contributed by atoms with Gasteiger partial charge in [-0.05, 0) is 150 Å². The summed E-state index contributed by atoms with van der Waals surface area (Å²) in [6.45, 7) is 0. The van der Waals surface area contributed by atoms with E-state index in [2.05, 4.69) is 182 Å². The summed E-state index contributed by atoms with van der Waals surface area (Å²) in [5.74, 6) is 0. The molecule has 0 radical (unpaired) electrons. The van der Waals surface area contributed by atoms with Crippen molar-refractivity contribution in [3.8, 4) is 44.5 Å². The Bertz CT molecular complexity index is 3310. The van der Waals surface area contributed by atoms with E-state index in [-0.39, 0.29) is 0 Å². The molecule has 0 spiro atoms. The summed E-state index contributed by atoms with van der Waals surface area (Å²) in [5.41, 5.74) is 10.3. The highest BCUT2D eigenvalue weighted by Crippen LogP contribution is 2.50. The lowest BCUT2D eigenvalue weighted by atomic mass is 9.91. The fourth-order valence-electron chi connectivity index (χ4n) is 9.31. The standard InChI is InChI=1S/C52H30/c1-2-10-42-40(8-1)41-9-3-5-12-44(41)49-29-36(23-25-46(42)49)34-19-18-31-26-33(17-16-32(31)27-34)35-22-24-39-37(28-35)20-21-38-30-50-45-13-6-4-11-43(45)47-14-7-15-48(51(38)39)52(47)50/h1-30H. The molecule has 0 aliphatic heterocycles. The summed E-state index contributed by atoms with van der Waals surface area (Å²) >= 11 is 0. The Labute approximate surface area is 300 Å². The Kier molecular flexibility index (Phi) is 5.59. The van der Waals surface area contributed by atoms with Crippen molar-refractivity contribution in [1.82, 2.24) is 0 Å². The number of rotatable bonds is 2. The minimum absolute atomic E-state index is 1.24. The number of hydrogen-bond donors (Lipinski definition) is 0. The second-order valence-electron chi connectivity index (χ2n) is 14.4. The second kappa shape index (κ2) is 10.4. The molecule has 0 atom stereocenters. The van der Waals surface area contributed by atoms with Crippen LogP contribution in [-0.4, -0.2) is 0 Å². The van der Waals surface area contributed by atoms with Crippen molar-refractivity contribution in [2.45, 2.75) is 0 Å². The van der Waals surface area contributed by atoms with Gasteiger partial charge in [-0.2, -0.15) is 0 Å². The molecule has 0 saturated carbocycles. The molecule has 0 bridgehead atoms. The minimum atomic E-state index is 1.24. The van der Waals surface area contributed by atoms with Crippen molar-refractivity contribution in [3.63, 3.8) is 0 Å². The number of hydrogen-bond acceptors (Lipinski definition) is 0. The lowest BCUT2D eigenvalue weighted by molar-refractivity contribution is 1.66. The predicted molar refractivity (Wildman–Crippen MR) is 224 cm³/mol. The molecule has 0 aromatic heterocycles. The van der Waals surface area contributed by atoms with E-state index in [1.165, 1.54) is 120 Å². The van der Waals surface area contributed by atoms with Crippen LogP contribution in [0.15, 0.2) is 182 Å². The maximum absolute atomic E-state index is 2.40. The normalized spacial score (nSPS) is 12.2. The van der Waals surface area contributed by atoms with Gasteiger partial charge in [-0.25, -0.2) is 0 Å². The molecule has 0 nitrogen and oxygen atoms in total. The van der Waals surface area contributed by atoms with Crippen molar-refractivity contribution >= 4 is 75.4 Å². The van der Waals surface area contributed by atoms with E-state index in [1.54, 1.807) is 0 Å². The fraction of sp³-hybridized carbons (Fsp3) is 0. The van der Waals surface area contributed by atoms with Gasteiger partial charge in [0.15, 0.2) is 0 Å². The number of fused-ring (bicyclic) bond motifs is 14. The van der Waals surface area contributed by atoms with E-state index in [4.69, 9.17) is 0 Å². The lowest BCUT2D eigenvalue weighted by Crippen LogP contribution is -1.86. The zero-order valence-corrected chi connectivity index (χ0v) is 28.3. The van der Waals surface area contributed by atoms with Crippen LogP contribution in [0.5, 0.6) is 0 Å². The van der Waals surface area contributed by atoms with Gasteiger partial charge < -0.3 is 0 Å².